The minimum absolute atomic E-state index is 0.0177. The molecule has 14 nitrogen and oxygen atoms in total. The van der Waals surface area contributed by atoms with Crippen LogP contribution in [0.2, 0.25) is 0 Å². The summed E-state index contributed by atoms with van der Waals surface area (Å²) in [5.41, 5.74) is 9.27. The van der Waals surface area contributed by atoms with Gasteiger partial charge < -0.3 is 24.1 Å². The van der Waals surface area contributed by atoms with E-state index in [2.05, 4.69) is 70.8 Å². The van der Waals surface area contributed by atoms with E-state index in [-0.39, 0.29) is 49.0 Å². The number of aliphatic imine (C=N–C) groups is 2. The van der Waals surface area contributed by atoms with Gasteiger partial charge >= 0.3 is 5.97 Å². The van der Waals surface area contributed by atoms with Crippen LogP contribution in [-0.4, -0.2) is 105 Å². The van der Waals surface area contributed by atoms with Crippen molar-refractivity contribution in [2.24, 2.45) is 27.2 Å². The number of allylic oxidation sites excluding steroid dienone is 2. The molecule has 1 unspecified atom stereocenters. The quantitative estimate of drug-likeness (QED) is 0.129. The van der Waals surface area contributed by atoms with Crippen molar-refractivity contribution in [2.45, 2.75) is 111 Å². The maximum absolute atomic E-state index is 14.8. The maximum Gasteiger partial charge on any atom is 0.324 e. The predicted molar refractivity (Wildman–Crippen MR) is 239 cm³/mol. The number of carbonyl (C=O) groups is 3. The lowest BCUT2D eigenvalue weighted by molar-refractivity contribution is -0.156. The Labute approximate surface area is 363 Å². The van der Waals surface area contributed by atoms with Gasteiger partial charge in [0.15, 0.2) is 0 Å². The molecule has 1 aromatic carbocycles. The highest BCUT2D eigenvalue weighted by Gasteiger charge is 2.54. The molecule has 8 atom stereocenters. The summed E-state index contributed by atoms with van der Waals surface area (Å²) in [4.78, 5) is 61.4. The van der Waals surface area contributed by atoms with Gasteiger partial charge in [0.2, 0.25) is 5.91 Å². The van der Waals surface area contributed by atoms with E-state index < -0.39 is 35.5 Å². The number of fused-ring (bicyclic) bond motifs is 5. The fourth-order valence-corrected chi connectivity index (χ4v) is 10.3. The van der Waals surface area contributed by atoms with E-state index in [0.717, 1.165) is 44.7 Å². The lowest BCUT2D eigenvalue weighted by Gasteiger charge is -2.37. The molecule has 2 fully saturated rings. The smallest absolute Gasteiger partial charge is 0.324 e. The Bertz CT molecular complexity index is 2240. The fraction of sp³-hybridized carbons (Fsp3) is 0.543. The molecule has 4 aliphatic rings. The first-order valence-corrected chi connectivity index (χ1v) is 22.5. The van der Waals surface area contributed by atoms with Crippen LogP contribution < -0.4 is 10.7 Å². The van der Waals surface area contributed by atoms with Gasteiger partial charge in [0.1, 0.15) is 29.6 Å². The number of hydrogen-bond donors (Lipinski definition) is 2. The van der Waals surface area contributed by atoms with Gasteiger partial charge in [0.05, 0.1) is 30.1 Å². The highest BCUT2D eigenvalue weighted by Crippen LogP contribution is 2.53. The van der Waals surface area contributed by atoms with Gasteiger partial charge in [0.25, 0.3) is 5.91 Å². The molecule has 7 rings (SSSR count). The third-order valence-corrected chi connectivity index (χ3v) is 13.5. The monoisotopic (exact) mass is 852 g/mol. The number of nitrogens with one attached hydrogen (secondary N) is 2. The van der Waals surface area contributed by atoms with Crippen molar-refractivity contribution in [3.63, 3.8) is 0 Å². The second kappa shape index (κ2) is 18.7. The summed E-state index contributed by atoms with van der Waals surface area (Å²) < 4.78 is 20.7. The van der Waals surface area contributed by atoms with Crippen LogP contribution in [0.25, 0.3) is 16.5 Å². The summed E-state index contributed by atoms with van der Waals surface area (Å²) in [6, 6.07) is 6.23. The van der Waals surface area contributed by atoms with Gasteiger partial charge in [-0.25, -0.2) is 15.4 Å². The number of aromatic nitrogens is 3. The number of nitrogens with zero attached hydrogens (tertiary/aromatic N) is 6. The molecule has 15 heteroatoms. The summed E-state index contributed by atoms with van der Waals surface area (Å²) in [5.74, 6) is -0.936. The zero-order chi connectivity index (χ0) is 43.6. The van der Waals surface area contributed by atoms with Crippen LogP contribution in [0.1, 0.15) is 95.8 Å². The van der Waals surface area contributed by atoms with Crippen molar-refractivity contribution >= 4 is 57.3 Å². The first-order valence-electron chi connectivity index (χ1n) is 21.5. The second-order valence-corrected chi connectivity index (χ2v) is 18.1. The third kappa shape index (κ3) is 8.98. The zero-order valence-corrected chi connectivity index (χ0v) is 37.5. The van der Waals surface area contributed by atoms with E-state index in [4.69, 9.17) is 24.2 Å². The first kappa shape index (κ1) is 44.4. The summed E-state index contributed by atoms with van der Waals surface area (Å²) in [6.07, 6.45) is 7.25. The number of ether oxygens (including phenoxy) is 3. The molecule has 1 aliphatic carbocycles. The molecule has 0 spiro atoms. The Kier molecular flexibility index (Phi) is 13.6. The molecule has 61 heavy (non-hydrogen) atoms. The zero-order valence-electron chi connectivity index (χ0n) is 36.6. The normalized spacial score (nSPS) is 27.6. The molecule has 6 bridgehead atoms. The lowest BCUT2D eigenvalue weighted by atomic mass is 9.84. The summed E-state index contributed by atoms with van der Waals surface area (Å²) in [5, 5.41) is 6.28. The number of hydrogen-bond acceptors (Lipinski definition) is 12. The maximum atomic E-state index is 14.8. The van der Waals surface area contributed by atoms with E-state index in [0.29, 0.717) is 43.1 Å². The lowest BCUT2D eigenvalue weighted by Crippen LogP contribution is -2.63. The minimum Gasteiger partial charge on any atom is -0.464 e. The number of aryl methyl sites for hydroxylation is 1. The fourth-order valence-electron chi connectivity index (χ4n) is 9.15. The van der Waals surface area contributed by atoms with E-state index >= 15 is 0 Å². The van der Waals surface area contributed by atoms with Crippen LogP contribution >= 0.6 is 11.8 Å². The standard InChI is InChI=1S/C46H60N8O6S/c1-10-29(38(48-11-2)27(6)58-9)40-31-22-46(7,8)24-60-45(57)33-15-14-20-54(52-33)44(56)39(51-42(55)37-26(5)36(37)32-18-19-47-25-49-32)41(59-13-4)43-50-34(23-61-43)28-16-17-35(30(31)21-28)53(40)12-3/h10-11,16-19,21,25-27,33-34,36-37,39,41,52H,1,12-15,20,22-24H2,2-9H3,(H,51,55)/b38-29+,48-11-/t26-,27+,33+,34?,36-,37+,39+,41+/m1/s1. The third-order valence-electron chi connectivity index (χ3n) is 12.4. The Morgan fingerprint density at radius 3 is 2.74 bits per heavy atom. The van der Waals surface area contributed by atoms with Crippen LogP contribution in [0.5, 0.6) is 0 Å². The Balaban J connectivity index is 1.35. The molecule has 3 aliphatic heterocycles. The van der Waals surface area contributed by atoms with Crippen molar-refractivity contribution in [1.82, 2.24) is 30.3 Å². The minimum atomic E-state index is -1.12. The summed E-state index contributed by atoms with van der Waals surface area (Å²) in [6.45, 7) is 19.8. The Morgan fingerprint density at radius 2 is 2.05 bits per heavy atom. The number of thioether (sulfide) groups is 1. The van der Waals surface area contributed by atoms with Crippen molar-refractivity contribution in [2.75, 3.05) is 32.6 Å². The molecule has 3 aromatic rings. The van der Waals surface area contributed by atoms with Crippen LogP contribution in [0.3, 0.4) is 0 Å². The van der Waals surface area contributed by atoms with E-state index in [1.54, 1.807) is 31.3 Å². The van der Waals surface area contributed by atoms with Crippen LogP contribution in [-0.2, 0) is 41.6 Å². The first-order chi connectivity index (χ1) is 29.4. The number of benzene rings is 1. The topological polar surface area (TPSA) is 162 Å². The SMILES string of the molecule is C=C/C(=C(\N=C/C)[C@H](C)OC)c1c2c3cc(ccc3n1CC)C1CSC(=N1)[C@@H](OCC)[C@H](NC(=O)[C@H]1[C@H](C)[C@@H]1c1ccncn1)C(=O)N1CCC[C@H](N1)C(=O)OCC(C)(C)C2. The second-order valence-electron chi connectivity index (χ2n) is 17.1. The molecule has 326 valence electrons. The number of carbonyl (C=O) groups excluding carboxylic acids is 3. The number of amides is 2. The van der Waals surface area contributed by atoms with Gasteiger partial charge in [-0.05, 0) is 82.2 Å². The molecule has 1 saturated carbocycles. The van der Waals surface area contributed by atoms with E-state index in [9.17, 15) is 14.4 Å². The molecule has 1 saturated heterocycles. The van der Waals surface area contributed by atoms with Gasteiger partial charge in [-0.2, -0.15) is 0 Å². The average molecular weight is 853 g/mol. The van der Waals surface area contributed by atoms with Crippen LogP contribution in [0.4, 0.5) is 0 Å². The molecule has 2 aromatic heterocycles. The predicted octanol–water partition coefficient (Wildman–Crippen LogP) is 6.22. The largest absolute Gasteiger partial charge is 0.464 e. The van der Waals surface area contributed by atoms with Gasteiger partial charge in [-0.3, -0.25) is 29.4 Å². The number of rotatable bonds is 11. The van der Waals surface area contributed by atoms with Gasteiger partial charge in [-0.15, -0.1) is 11.8 Å². The van der Waals surface area contributed by atoms with Gasteiger partial charge in [0, 0.05) is 84.4 Å². The van der Waals surface area contributed by atoms with Crippen molar-refractivity contribution in [3.8, 4) is 0 Å². The van der Waals surface area contributed by atoms with Crippen molar-refractivity contribution in [1.29, 1.82) is 0 Å². The summed E-state index contributed by atoms with van der Waals surface area (Å²) >= 11 is 1.54. The van der Waals surface area contributed by atoms with E-state index in [1.807, 2.05) is 39.8 Å². The van der Waals surface area contributed by atoms with Crippen LogP contribution in [0.15, 0.2) is 65.1 Å². The number of esters is 1. The molecule has 0 radical (unpaired) electrons. The van der Waals surface area contributed by atoms with Gasteiger partial charge in [-0.1, -0.05) is 39.5 Å². The molecule has 5 heterocycles. The van der Waals surface area contributed by atoms with Crippen molar-refractivity contribution < 1.29 is 28.6 Å². The Hall–Kier alpha value is -4.70. The highest BCUT2D eigenvalue weighted by molar-refractivity contribution is 8.14. The van der Waals surface area contributed by atoms with Crippen LogP contribution in [0, 0.1) is 17.3 Å². The summed E-state index contributed by atoms with van der Waals surface area (Å²) in [7, 11) is 1.68. The highest BCUT2D eigenvalue weighted by atomic mass is 32.2. The molecule has 2 N–H and O–H groups in total. The Morgan fingerprint density at radius 1 is 1.25 bits per heavy atom. The van der Waals surface area contributed by atoms with Crippen molar-refractivity contribution in [3.05, 3.63) is 77.7 Å². The number of hydrazine groups is 1. The number of methoxy groups -OCH3 is 1. The average Bonchev–Trinajstić information content (AvgIpc) is 3.55. The molecular formula is C46H60N8O6S. The van der Waals surface area contributed by atoms with E-state index in [1.165, 1.54) is 11.3 Å². The number of cyclic esters (lactones) is 1. The molecule has 2 amide bonds. The molecular weight excluding hydrogens is 793 g/mol.